The van der Waals surface area contributed by atoms with E-state index in [1.807, 2.05) is 0 Å². The topological polar surface area (TPSA) is 44.5 Å². The Bertz CT molecular complexity index is 131. The van der Waals surface area contributed by atoms with Crippen LogP contribution in [0.1, 0.15) is 32.1 Å². The minimum absolute atomic E-state index is 0.129. The summed E-state index contributed by atoms with van der Waals surface area (Å²) in [5.74, 6) is 0.688. The van der Waals surface area contributed by atoms with Crippen LogP contribution in [0.25, 0.3) is 0 Å². The molecule has 1 atom stereocenters. The summed E-state index contributed by atoms with van der Waals surface area (Å²) in [4.78, 5) is 0. The van der Waals surface area contributed by atoms with E-state index in [0.717, 1.165) is 6.42 Å². The summed E-state index contributed by atoms with van der Waals surface area (Å²) < 4.78 is 10.3. The molecule has 0 amide bonds. The van der Waals surface area contributed by atoms with Crippen LogP contribution in [0, 0.1) is 5.92 Å². The van der Waals surface area contributed by atoms with Crippen LogP contribution in [0.3, 0.4) is 0 Å². The van der Waals surface area contributed by atoms with Gasteiger partial charge in [-0.3, -0.25) is 0 Å². The van der Waals surface area contributed by atoms with Crippen molar-refractivity contribution in [3.63, 3.8) is 0 Å². The van der Waals surface area contributed by atoms with Crippen LogP contribution in [0.15, 0.2) is 0 Å². The van der Waals surface area contributed by atoms with E-state index in [0.29, 0.717) is 5.92 Å². The lowest BCUT2D eigenvalue weighted by Gasteiger charge is -2.22. The standard InChI is InChI=1S/C10H21NO2/c1-12-10(13-2)7-9(11)8-5-3-4-6-8/h8-10H,3-7,11H2,1-2H3. The third-order valence-corrected chi connectivity index (χ3v) is 3.00. The largest absolute Gasteiger partial charge is 0.356 e. The maximum absolute atomic E-state index is 6.07. The first-order chi connectivity index (χ1) is 6.27. The van der Waals surface area contributed by atoms with Crippen molar-refractivity contribution in [3.8, 4) is 0 Å². The van der Waals surface area contributed by atoms with Gasteiger partial charge in [0.2, 0.25) is 0 Å². The van der Waals surface area contributed by atoms with Crippen LogP contribution in [0.5, 0.6) is 0 Å². The molecular formula is C10H21NO2. The molecule has 0 aromatic rings. The third-order valence-electron chi connectivity index (χ3n) is 3.00. The number of hydrogen-bond donors (Lipinski definition) is 1. The SMILES string of the molecule is COC(CC(N)C1CCCC1)OC. The molecule has 78 valence electrons. The average Bonchev–Trinajstić information content (AvgIpc) is 2.66. The quantitative estimate of drug-likeness (QED) is 0.664. The molecule has 0 aromatic carbocycles. The molecule has 0 bridgehead atoms. The van der Waals surface area contributed by atoms with Gasteiger partial charge in [0, 0.05) is 26.7 Å². The second-order valence-electron chi connectivity index (χ2n) is 3.85. The van der Waals surface area contributed by atoms with Crippen molar-refractivity contribution in [3.05, 3.63) is 0 Å². The van der Waals surface area contributed by atoms with Gasteiger partial charge in [-0.15, -0.1) is 0 Å². The molecule has 1 aliphatic rings. The molecule has 1 fully saturated rings. The molecule has 0 heterocycles. The van der Waals surface area contributed by atoms with Crippen LogP contribution in [-0.4, -0.2) is 26.6 Å². The molecule has 3 nitrogen and oxygen atoms in total. The molecule has 3 heteroatoms. The molecule has 0 radical (unpaired) electrons. The summed E-state index contributed by atoms with van der Waals surface area (Å²) >= 11 is 0. The third kappa shape index (κ3) is 3.25. The van der Waals surface area contributed by atoms with Gasteiger partial charge in [-0.1, -0.05) is 12.8 Å². The molecule has 0 saturated heterocycles. The second kappa shape index (κ2) is 5.58. The highest BCUT2D eigenvalue weighted by molar-refractivity contribution is 4.78. The summed E-state index contributed by atoms with van der Waals surface area (Å²) in [5.41, 5.74) is 6.07. The Morgan fingerprint density at radius 1 is 1.23 bits per heavy atom. The summed E-state index contributed by atoms with van der Waals surface area (Å²) in [6, 6.07) is 0.243. The fourth-order valence-electron chi connectivity index (χ4n) is 2.09. The van der Waals surface area contributed by atoms with Gasteiger partial charge in [-0.25, -0.2) is 0 Å². The van der Waals surface area contributed by atoms with Crippen LogP contribution in [0.4, 0.5) is 0 Å². The van der Waals surface area contributed by atoms with Crippen molar-refractivity contribution < 1.29 is 9.47 Å². The van der Waals surface area contributed by atoms with E-state index >= 15 is 0 Å². The maximum atomic E-state index is 6.07. The molecule has 0 aliphatic heterocycles. The number of rotatable bonds is 5. The van der Waals surface area contributed by atoms with Gasteiger partial charge in [0.05, 0.1) is 0 Å². The van der Waals surface area contributed by atoms with Crippen molar-refractivity contribution in [1.29, 1.82) is 0 Å². The number of methoxy groups -OCH3 is 2. The van der Waals surface area contributed by atoms with E-state index in [9.17, 15) is 0 Å². The highest BCUT2D eigenvalue weighted by Gasteiger charge is 2.24. The average molecular weight is 187 g/mol. The van der Waals surface area contributed by atoms with Crippen molar-refractivity contribution in [1.82, 2.24) is 0 Å². The van der Waals surface area contributed by atoms with Crippen LogP contribution in [0.2, 0.25) is 0 Å². The van der Waals surface area contributed by atoms with Crippen molar-refractivity contribution >= 4 is 0 Å². The molecule has 1 rings (SSSR count). The minimum atomic E-state index is -0.129. The first-order valence-corrected chi connectivity index (χ1v) is 5.09. The second-order valence-corrected chi connectivity index (χ2v) is 3.85. The lowest BCUT2D eigenvalue weighted by Crippen LogP contribution is -2.33. The maximum Gasteiger partial charge on any atom is 0.158 e. The first-order valence-electron chi connectivity index (χ1n) is 5.09. The van der Waals surface area contributed by atoms with Crippen molar-refractivity contribution in [2.75, 3.05) is 14.2 Å². The van der Waals surface area contributed by atoms with E-state index in [1.165, 1.54) is 25.7 Å². The summed E-state index contributed by atoms with van der Waals surface area (Å²) in [6.45, 7) is 0. The lowest BCUT2D eigenvalue weighted by atomic mass is 9.96. The van der Waals surface area contributed by atoms with E-state index in [2.05, 4.69) is 0 Å². The zero-order valence-electron chi connectivity index (χ0n) is 8.66. The van der Waals surface area contributed by atoms with Crippen LogP contribution < -0.4 is 5.73 Å². The lowest BCUT2D eigenvalue weighted by molar-refractivity contribution is -0.111. The predicted molar refractivity (Wildman–Crippen MR) is 52.4 cm³/mol. The highest BCUT2D eigenvalue weighted by Crippen LogP contribution is 2.28. The number of hydrogen-bond acceptors (Lipinski definition) is 3. The van der Waals surface area contributed by atoms with Gasteiger partial charge in [0.1, 0.15) is 0 Å². The Morgan fingerprint density at radius 3 is 2.23 bits per heavy atom. The Balaban J connectivity index is 2.25. The molecule has 0 aromatic heterocycles. The van der Waals surface area contributed by atoms with E-state index < -0.39 is 0 Å². The fraction of sp³-hybridized carbons (Fsp3) is 1.00. The van der Waals surface area contributed by atoms with Gasteiger partial charge in [-0.05, 0) is 18.8 Å². The Morgan fingerprint density at radius 2 is 1.77 bits per heavy atom. The zero-order chi connectivity index (χ0) is 9.68. The van der Waals surface area contributed by atoms with Gasteiger partial charge >= 0.3 is 0 Å². The fourth-order valence-corrected chi connectivity index (χ4v) is 2.09. The first kappa shape index (κ1) is 11.0. The van der Waals surface area contributed by atoms with Gasteiger partial charge in [0.25, 0.3) is 0 Å². The van der Waals surface area contributed by atoms with Gasteiger partial charge < -0.3 is 15.2 Å². The molecule has 2 N–H and O–H groups in total. The molecular weight excluding hydrogens is 166 g/mol. The van der Waals surface area contributed by atoms with Crippen molar-refractivity contribution in [2.45, 2.75) is 44.4 Å². The number of nitrogens with two attached hydrogens (primary N) is 1. The van der Waals surface area contributed by atoms with Gasteiger partial charge in [-0.2, -0.15) is 0 Å². The van der Waals surface area contributed by atoms with E-state index in [-0.39, 0.29) is 12.3 Å². The summed E-state index contributed by atoms with van der Waals surface area (Å²) in [6.07, 6.45) is 5.92. The van der Waals surface area contributed by atoms with Crippen LogP contribution >= 0.6 is 0 Å². The normalized spacial score (nSPS) is 21.2. The van der Waals surface area contributed by atoms with Crippen molar-refractivity contribution in [2.24, 2.45) is 11.7 Å². The number of ether oxygens (including phenoxy) is 2. The molecule has 0 spiro atoms. The Labute approximate surface area is 80.6 Å². The zero-order valence-corrected chi connectivity index (χ0v) is 8.66. The monoisotopic (exact) mass is 187 g/mol. The van der Waals surface area contributed by atoms with Crippen LogP contribution in [-0.2, 0) is 9.47 Å². The minimum Gasteiger partial charge on any atom is -0.356 e. The molecule has 1 aliphatic carbocycles. The predicted octanol–water partition coefficient (Wildman–Crippen LogP) is 1.51. The summed E-state index contributed by atoms with van der Waals surface area (Å²) in [7, 11) is 3.32. The molecule has 1 saturated carbocycles. The van der Waals surface area contributed by atoms with E-state index in [1.54, 1.807) is 14.2 Å². The molecule has 1 unspecified atom stereocenters. The highest BCUT2D eigenvalue weighted by atomic mass is 16.7. The van der Waals surface area contributed by atoms with E-state index in [4.69, 9.17) is 15.2 Å². The van der Waals surface area contributed by atoms with Gasteiger partial charge in [0.15, 0.2) is 6.29 Å². The smallest absolute Gasteiger partial charge is 0.158 e. The summed E-state index contributed by atoms with van der Waals surface area (Å²) in [5, 5.41) is 0. The molecule has 13 heavy (non-hydrogen) atoms. The Hall–Kier alpha value is -0.120. The Kier molecular flexibility index (Phi) is 4.70.